The van der Waals surface area contributed by atoms with E-state index >= 15 is 0 Å². The average molecular weight is 301 g/mol. The highest BCUT2D eigenvalue weighted by Crippen LogP contribution is 2.21. The fourth-order valence-corrected chi connectivity index (χ4v) is 2.10. The van der Waals surface area contributed by atoms with Crippen molar-refractivity contribution < 1.29 is 9.21 Å². The summed E-state index contributed by atoms with van der Waals surface area (Å²) in [5.74, 6) is 1.42. The Kier molecular flexibility index (Phi) is 6.01. The Morgan fingerprint density at radius 1 is 1.18 bits per heavy atom. The second kappa shape index (κ2) is 8.22. The van der Waals surface area contributed by atoms with Crippen LogP contribution in [0.4, 0.5) is 4.79 Å². The smallest absolute Gasteiger partial charge is 0.314 e. The lowest BCUT2D eigenvalue weighted by atomic mass is 10.2. The number of aryl methyl sites for hydroxylation is 1. The van der Waals surface area contributed by atoms with E-state index in [9.17, 15) is 4.79 Å². The first-order valence-corrected chi connectivity index (χ1v) is 7.74. The number of hydrogen-bond donors (Lipinski definition) is 2. The number of carbonyl (C=O) groups is 1. The summed E-state index contributed by atoms with van der Waals surface area (Å²) in [5.41, 5.74) is 1.84. The van der Waals surface area contributed by atoms with E-state index in [1.165, 1.54) is 0 Å². The topological polar surface area (TPSA) is 67.2 Å². The summed E-state index contributed by atoms with van der Waals surface area (Å²) in [6.07, 6.45) is 2.72. The summed E-state index contributed by atoms with van der Waals surface area (Å²) in [5, 5.41) is 5.66. The van der Waals surface area contributed by atoms with Gasteiger partial charge in [-0.15, -0.1) is 0 Å². The van der Waals surface area contributed by atoms with Gasteiger partial charge in [0.25, 0.3) is 0 Å². The molecule has 22 heavy (non-hydrogen) atoms. The molecule has 0 atom stereocenters. The van der Waals surface area contributed by atoms with Gasteiger partial charge in [0.05, 0.1) is 5.69 Å². The van der Waals surface area contributed by atoms with Crippen molar-refractivity contribution in [1.82, 2.24) is 15.6 Å². The van der Waals surface area contributed by atoms with Crippen LogP contribution in [-0.2, 0) is 6.42 Å². The molecule has 5 heteroatoms. The molecule has 1 heterocycles. The number of oxazole rings is 1. The summed E-state index contributed by atoms with van der Waals surface area (Å²) in [7, 11) is 0. The molecule has 2 aromatic rings. The van der Waals surface area contributed by atoms with Crippen LogP contribution in [0.25, 0.3) is 11.5 Å². The van der Waals surface area contributed by atoms with Crippen molar-refractivity contribution in [3.05, 3.63) is 41.8 Å². The van der Waals surface area contributed by atoms with Gasteiger partial charge in [-0.25, -0.2) is 9.78 Å². The fraction of sp³-hybridized carbons (Fsp3) is 0.412. The predicted octanol–water partition coefficient (Wildman–Crippen LogP) is 3.29. The van der Waals surface area contributed by atoms with E-state index in [0.29, 0.717) is 25.4 Å². The van der Waals surface area contributed by atoms with E-state index in [4.69, 9.17) is 4.42 Å². The van der Waals surface area contributed by atoms with Crippen LogP contribution < -0.4 is 10.6 Å². The number of hydrogen-bond acceptors (Lipinski definition) is 3. The summed E-state index contributed by atoms with van der Waals surface area (Å²) >= 11 is 0. The molecule has 0 spiro atoms. The van der Waals surface area contributed by atoms with Crippen LogP contribution in [0.5, 0.6) is 0 Å². The third kappa shape index (κ3) is 4.62. The minimum atomic E-state index is -0.127. The molecule has 118 valence electrons. The first-order valence-electron chi connectivity index (χ1n) is 7.74. The van der Waals surface area contributed by atoms with Crippen LogP contribution in [0.3, 0.4) is 0 Å². The Morgan fingerprint density at radius 3 is 2.64 bits per heavy atom. The molecular formula is C17H23N3O2. The highest BCUT2D eigenvalue weighted by molar-refractivity contribution is 5.73. The summed E-state index contributed by atoms with van der Waals surface area (Å²) in [4.78, 5) is 16.1. The zero-order valence-electron chi connectivity index (χ0n) is 13.2. The van der Waals surface area contributed by atoms with E-state index < -0.39 is 0 Å². The second-order valence-electron chi connectivity index (χ2n) is 5.17. The minimum Gasteiger partial charge on any atom is -0.441 e. The summed E-state index contributed by atoms with van der Waals surface area (Å²) < 4.78 is 5.70. The van der Waals surface area contributed by atoms with Crippen molar-refractivity contribution in [1.29, 1.82) is 0 Å². The maximum Gasteiger partial charge on any atom is 0.314 e. The Labute approximate surface area is 131 Å². The lowest BCUT2D eigenvalue weighted by Gasteiger charge is -2.05. The number of nitrogens with one attached hydrogen (secondary N) is 2. The van der Waals surface area contributed by atoms with Crippen molar-refractivity contribution in [2.24, 2.45) is 0 Å². The van der Waals surface area contributed by atoms with Gasteiger partial charge in [0.15, 0.2) is 0 Å². The van der Waals surface area contributed by atoms with Gasteiger partial charge < -0.3 is 15.1 Å². The third-order valence-corrected chi connectivity index (χ3v) is 3.38. The van der Waals surface area contributed by atoms with Crippen molar-refractivity contribution in [3.8, 4) is 11.5 Å². The molecule has 0 aliphatic heterocycles. The standard InChI is InChI=1S/C17H23N3O2/c1-3-4-11-18-17(21)19-12-10-15-13(2)22-16(20-15)14-8-6-5-7-9-14/h5-9H,3-4,10-12H2,1-2H3,(H2,18,19,21). The molecule has 0 unspecified atom stereocenters. The molecule has 2 rings (SSSR count). The van der Waals surface area contributed by atoms with Gasteiger partial charge in [-0.2, -0.15) is 0 Å². The van der Waals surface area contributed by atoms with Crippen molar-refractivity contribution in [2.45, 2.75) is 33.1 Å². The van der Waals surface area contributed by atoms with Crippen LogP contribution in [0.1, 0.15) is 31.2 Å². The highest BCUT2D eigenvalue weighted by atomic mass is 16.4. The summed E-state index contributed by atoms with van der Waals surface area (Å²) in [6, 6.07) is 9.68. The zero-order valence-corrected chi connectivity index (χ0v) is 13.2. The van der Waals surface area contributed by atoms with Crippen molar-refractivity contribution in [3.63, 3.8) is 0 Å². The van der Waals surface area contributed by atoms with Crippen molar-refractivity contribution in [2.75, 3.05) is 13.1 Å². The van der Waals surface area contributed by atoms with Crippen LogP contribution in [0, 0.1) is 6.92 Å². The molecule has 0 saturated heterocycles. The number of aromatic nitrogens is 1. The van der Waals surface area contributed by atoms with Crippen LogP contribution in [0.2, 0.25) is 0 Å². The van der Waals surface area contributed by atoms with Crippen LogP contribution >= 0.6 is 0 Å². The molecule has 2 N–H and O–H groups in total. The number of amides is 2. The number of unbranched alkanes of at least 4 members (excludes halogenated alkanes) is 1. The van der Waals surface area contributed by atoms with Gasteiger partial charge in [-0.1, -0.05) is 31.5 Å². The van der Waals surface area contributed by atoms with Gasteiger partial charge in [0.2, 0.25) is 5.89 Å². The third-order valence-electron chi connectivity index (χ3n) is 3.38. The normalized spacial score (nSPS) is 10.5. The molecule has 0 aliphatic carbocycles. The summed E-state index contributed by atoms with van der Waals surface area (Å²) in [6.45, 7) is 5.25. The monoisotopic (exact) mass is 301 g/mol. The Morgan fingerprint density at radius 2 is 1.91 bits per heavy atom. The van der Waals surface area contributed by atoms with Gasteiger partial charge in [0.1, 0.15) is 5.76 Å². The number of benzene rings is 1. The molecule has 0 bridgehead atoms. The highest BCUT2D eigenvalue weighted by Gasteiger charge is 2.11. The minimum absolute atomic E-state index is 0.127. The zero-order chi connectivity index (χ0) is 15.8. The lowest BCUT2D eigenvalue weighted by Crippen LogP contribution is -2.37. The number of nitrogens with zero attached hydrogens (tertiary/aromatic N) is 1. The maximum absolute atomic E-state index is 11.6. The SMILES string of the molecule is CCCCNC(=O)NCCc1nc(-c2ccccc2)oc1C. The molecule has 0 fully saturated rings. The molecule has 1 aromatic carbocycles. The lowest BCUT2D eigenvalue weighted by molar-refractivity contribution is 0.241. The Hall–Kier alpha value is -2.30. The first kappa shape index (κ1) is 16.1. The maximum atomic E-state index is 11.6. The second-order valence-corrected chi connectivity index (χ2v) is 5.17. The van der Waals surface area contributed by atoms with Crippen LogP contribution in [0.15, 0.2) is 34.7 Å². The Balaban J connectivity index is 1.84. The van der Waals surface area contributed by atoms with E-state index in [-0.39, 0.29) is 6.03 Å². The van der Waals surface area contributed by atoms with E-state index in [1.54, 1.807) is 0 Å². The van der Waals surface area contributed by atoms with Gasteiger partial charge in [-0.3, -0.25) is 0 Å². The quantitative estimate of drug-likeness (QED) is 0.771. The molecule has 2 amide bonds. The number of urea groups is 1. The number of rotatable bonds is 7. The molecule has 1 aromatic heterocycles. The van der Waals surface area contributed by atoms with Gasteiger partial charge in [0, 0.05) is 25.1 Å². The fourth-order valence-electron chi connectivity index (χ4n) is 2.10. The van der Waals surface area contributed by atoms with E-state index in [1.807, 2.05) is 37.3 Å². The van der Waals surface area contributed by atoms with Gasteiger partial charge in [-0.05, 0) is 25.5 Å². The van der Waals surface area contributed by atoms with E-state index in [2.05, 4.69) is 22.5 Å². The van der Waals surface area contributed by atoms with Crippen molar-refractivity contribution >= 4 is 6.03 Å². The molecule has 0 radical (unpaired) electrons. The molecule has 0 saturated carbocycles. The Bertz CT molecular complexity index is 593. The van der Waals surface area contributed by atoms with E-state index in [0.717, 1.165) is 29.9 Å². The predicted molar refractivity (Wildman–Crippen MR) is 86.7 cm³/mol. The average Bonchev–Trinajstić information content (AvgIpc) is 2.90. The molecule has 5 nitrogen and oxygen atoms in total. The first-order chi connectivity index (χ1) is 10.7. The van der Waals surface area contributed by atoms with Crippen LogP contribution in [-0.4, -0.2) is 24.1 Å². The van der Waals surface area contributed by atoms with Gasteiger partial charge >= 0.3 is 6.03 Å². The molecule has 0 aliphatic rings. The molecular weight excluding hydrogens is 278 g/mol. The number of carbonyl (C=O) groups excluding carboxylic acids is 1. The largest absolute Gasteiger partial charge is 0.441 e.